The van der Waals surface area contributed by atoms with Gasteiger partial charge >= 0.3 is 0 Å². The Morgan fingerprint density at radius 1 is 1.47 bits per heavy atom. The lowest BCUT2D eigenvalue weighted by atomic mass is 10.2. The zero-order valence-corrected chi connectivity index (χ0v) is 11.0. The van der Waals surface area contributed by atoms with E-state index >= 15 is 0 Å². The number of sulfone groups is 1. The molecule has 1 heterocycles. The van der Waals surface area contributed by atoms with Crippen molar-refractivity contribution in [3.8, 4) is 0 Å². The van der Waals surface area contributed by atoms with E-state index in [9.17, 15) is 8.42 Å². The number of hydrogen-bond donors (Lipinski definition) is 1. The molecule has 0 aliphatic rings. The van der Waals surface area contributed by atoms with Crippen LogP contribution in [0.3, 0.4) is 0 Å². The summed E-state index contributed by atoms with van der Waals surface area (Å²) in [6.07, 6.45) is 1.20. The maximum Gasteiger partial charge on any atom is 0.186 e. The van der Waals surface area contributed by atoms with Gasteiger partial charge in [0.2, 0.25) is 0 Å². The van der Waals surface area contributed by atoms with Gasteiger partial charge in [0.15, 0.2) is 20.8 Å². The number of anilines is 1. The normalized spacial score (nSPS) is 12.8. The molecule has 0 amide bonds. The van der Waals surface area contributed by atoms with E-state index in [4.69, 9.17) is 11.6 Å². The molecular formula is C7H12ClN3O2S2. The largest absolute Gasteiger partial charge is 0.365 e. The van der Waals surface area contributed by atoms with Crippen LogP contribution in [0.4, 0.5) is 5.82 Å². The van der Waals surface area contributed by atoms with Gasteiger partial charge in [0.25, 0.3) is 0 Å². The molecule has 0 aliphatic carbocycles. The number of aromatic nitrogens is 2. The van der Waals surface area contributed by atoms with Crippen LogP contribution in [0.1, 0.15) is 13.8 Å². The minimum absolute atomic E-state index is 0.247. The summed E-state index contributed by atoms with van der Waals surface area (Å²) in [5.74, 6) is 0.429. The van der Waals surface area contributed by atoms with Crippen molar-refractivity contribution >= 4 is 39.0 Å². The van der Waals surface area contributed by atoms with Crippen molar-refractivity contribution in [2.75, 3.05) is 18.1 Å². The van der Waals surface area contributed by atoms with Crippen molar-refractivity contribution in [2.24, 2.45) is 0 Å². The van der Waals surface area contributed by atoms with Crippen LogP contribution >= 0.6 is 23.3 Å². The average Bonchev–Trinajstić information content (AvgIpc) is 2.46. The van der Waals surface area contributed by atoms with Gasteiger partial charge in [-0.15, -0.1) is 0 Å². The zero-order chi connectivity index (χ0) is 11.7. The van der Waals surface area contributed by atoms with Crippen molar-refractivity contribution in [1.29, 1.82) is 0 Å². The quantitative estimate of drug-likeness (QED) is 0.895. The van der Waals surface area contributed by atoms with Gasteiger partial charge in [0.05, 0.1) is 16.5 Å². The Balaban J connectivity index is 2.70. The fraction of sp³-hybridized carbons (Fsp3) is 0.714. The predicted octanol–water partition coefficient (Wildman–Crippen LogP) is 1.43. The second-order valence-corrected chi connectivity index (χ2v) is 7.33. The van der Waals surface area contributed by atoms with Crippen LogP contribution in [0.25, 0.3) is 0 Å². The van der Waals surface area contributed by atoms with Gasteiger partial charge in [-0.2, -0.15) is 8.75 Å². The third-order valence-electron chi connectivity index (χ3n) is 2.13. The molecule has 1 aromatic rings. The minimum Gasteiger partial charge on any atom is -0.365 e. The summed E-state index contributed by atoms with van der Waals surface area (Å²) in [6, 6.07) is 0. The van der Waals surface area contributed by atoms with Crippen LogP contribution in [0.2, 0.25) is 5.15 Å². The molecule has 1 N–H and O–H groups in total. The van der Waals surface area contributed by atoms with Crippen molar-refractivity contribution in [3.05, 3.63) is 5.15 Å². The van der Waals surface area contributed by atoms with Gasteiger partial charge in [-0.05, 0) is 13.8 Å². The van der Waals surface area contributed by atoms with Gasteiger partial charge in [-0.3, -0.25) is 0 Å². The van der Waals surface area contributed by atoms with Crippen LogP contribution in [0.5, 0.6) is 0 Å². The first-order valence-corrected chi connectivity index (χ1v) is 7.15. The summed E-state index contributed by atoms with van der Waals surface area (Å²) in [5, 5.41) is 3.13. The number of hydrogen-bond acceptors (Lipinski definition) is 6. The Morgan fingerprint density at radius 2 is 2.07 bits per heavy atom. The molecule has 0 unspecified atom stereocenters. The third-order valence-corrected chi connectivity index (χ3v) is 5.18. The fourth-order valence-electron chi connectivity index (χ4n) is 0.711. The van der Waals surface area contributed by atoms with E-state index in [1.165, 1.54) is 6.26 Å². The lowest BCUT2D eigenvalue weighted by Gasteiger charge is -2.22. The summed E-state index contributed by atoms with van der Waals surface area (Å²) in [5.41, 5.74) is 0. The molecule has 1 rings (SSSR count). The first-order valence-electron chi connectivity index (χ1n) is 4.15. The van der Waals surface area contributed by atoms with Gasteiger partial charge < -0.3 is 5.32 Å². The fourth-order valence-corrected chi connectivity index (χ4v) is 1.73. The molecule has 8 heteroatoms. The van der Waals surface area contributed by atoms with Crippen LogP contribution < -0.4 is 5.32 Å². The topological polar surface area (TPSA) is 72.0 Å². The maximum absolute atomic E-state index is 11.4. The van der Waals surface area contributed by atoms with E-state index in [-0.39, 0.29) is 11.7 Å². The predicted molar refractivity (Wildman–Crippen MR) is 62.3 cm³/mol. The molecular weight excluding hydrogens is 258 g/mol. The molecule has 0 spiro atoms. The van der Waals surface area contributed by atoms with Crippen molar-refractivity contribution in [3.63, 3.8) is 0 Å². The zero-order valence-electron chi connectivity index (χ0n) is 8.61. The van der Waals surface area contributed by atoms with E-state index < -0.39 is 14.6 Å². The van der Waals surface area contributed by atoms with Gasteiger partial charge in [-0.25, -0.2) is 8.42 Å². The Bertz CT molecular complexity index is 441. The molecule has 0 saturated heterocycles. The van der Waals surface area contributed by atoms with Crippen molar-refractivity contribution < 1.29 is 8.42 Å². The molecule has 0 saturated carbocycles. The summed E-state index contributed by atoms with van der Waals surface area (Å²) in [6.45, 7) is 3.53. The minimum atomic E-state index is -3.12. The van der Waals surface area contributed by atoms with E-state index in [0.717, 1.165) is 11.7 Å². The Labute approximate surface area is 98.1 Å². The number of rotatable bonds is 4. The highest BCUT2D eigenvalue weighted by atomic mass is 35.5. The molecule has 0 radical (unpaired) electrons. The number of nitrogens with zero attached hydrogens (tertiary/aromatic N) is 2. The number of halogens is 1. The molecule has 1 aromatic heterocycles. The molecule has 0 bridgehead atoms. The Hall–Kier alpha value is -0.400. The van der Waals surface area contributed by atoms with Crippen LogP contribution in [0.15, 0.2) is 0 Å². The third kappa shape index (κ3) is 3.02. The monoisotopic (exact) mass is 269 g/mol. The van der Waals surface area contributed by atoms with Crippen molar-refractivity contribution in [2.45, 2.75) is 18.6 Å². The van der Waals surface area contributed by atoms with E-state index in [0.29, 0.717) is 5.82 Å². The summed E-state index contributed by atoms with van der Waals surface area (Å²) < 4.78 is 29.6. The molecule has 15 heavy (non-hydrogen) atoms. The highest BCUT2D eigenvalue weighted by Crippen LogP contribution is 2.21. The van der Waals surface area contributed by atoms with Gasteiger partial charge in [-0.1, -0.05) is 11.6 Å². The van der Waals surface area contributed by atoms with E-state index in [1.807, 2.05) is 0 Å². The molecule has 0 atom stereocenters. The van der Waals surface area contributed by atoms with Crippen LogP contribution in [0, 0.1) is 0 Å². The number of nitrogens with one attached hydrogen (secondary N) is 1. The lowest BCUT2D eigenvalue weighted by molar-refractivity contribution is 0.559. The summed E-state index contributed by atoms with van der Waals surface area (Å²) in [7, 11) is -3.12. The SMILES string of the molecule is CC(C)(CNc1nsnc1Cl)S(C)(=O)=O. The molecule has 0 aliphatic heterocycles. The second kappa shape index (κ2) is 4.23. The highest BCUT2D eigenvalue weighted by Gasteiger charge is 2.30. The van der Waals surface area contributed by atoms with Crippen LogP contribution in [-0.2, 0) is 9.84 Å². The first-order chi connectivity index (χ1) is 6.74. The summed E-state index contributed by atoms with van der Waals surface area (Å²) >= 11 is 6.69. The summed E-state index contributed by atoms with van der Waals surface area (Å²) in [4.78, 5) is 0. The standard InChI is InChI=1S/C7H12ClN3O2S2/c1-7(2,15(3,12)13)4-9-6-5(8)10-14-11-6/h4H2,1-3H3,(H,9,11). The van der Waals surface area contributed by atoms with Crippen molar-refractivity contribution in [1.82, 2.24) is 8.75 Å². The average molecular weight is 270 g/mol. The molecule has 0 fully saturated rings. The Morgan fingerprint density at radius 3 is 2.47 bits per heavy atom. The Kier molecular flexibility index (Phi) is 3.57. The maximum atomic E-state index is 11.4. The second-order valence-electron chi connectivity index (χ2n) is 3.79. The molecule has 86 valence electrons. The highest BCUT2D eigenvalue weighted by molar-refractivity contribution is 7.92. The molecule has 0 aromatic carbocycles. The first kappa shape index (κ1) is 12.7. The van der Waals surface area contributed by atoms with Crippen LogP contribution in [-0.4, -0.2) is 34.7 Å². The van der Waals surface area contributed by atoms with E-state index in [1.54, 1.807) is 13.8 Å². The van der Waals surface area contributed by atoms with E-state index in [2.05, 4.69) is 14.1 Å². The van der Waals surface area contributed by atoms with Gasteiger partial charge in [0.1, 0.15) is 0 Å². The van der Waals surface area contributed by atoms with Gasteiger partial charge in [0, 0.05) is 12.8 Å². The molecule has 5 nitrogen and oxygen atoms in total. The smallest absolute Gasteiger partial charge is 0.186 e. The lowest BCUT2D eigenvalue weighted by Crippen LogP contribution is -2.38.